The first kappa shape index (κ1) is 13.7. The van der Waals surface area contributed by atoms with Crippen molar-refractivity contribution >= 4 is 5.91 Å². The average Bonchev–Trinajstić information content (AvgIpc) is 3.11. The van der Waals surface area contributed by atoms with Crippen LogP contribution in [0.25, 0.3) is 0 Å². The molecule has 2 saturated heterocycles. The molecule has 0 spiro atoms. The topological polar surface area (TPSA) is 45.5 Å². The van der Waals surface area contributed by atoms with Crippen LogP contribution >= 0.6 is 0 Å². The van der Waals surface area contributed by atoms with Crippen LogP contribution in [0.2, 0.25) is 0 Å². The molecule has 1 N–H and O–H groups in total. The quantitative estimate of drug-likeness (QED) is 0.903. The maximum atomic E-state index is 12.9. The van der Waals surface area contributed by atoms with Crippen molar-refractivity contribution in [2.75, 3.05) is 13.1 Å². The second kappa shape index (κ2) is 5.24. The molecule has 1 amide bonds. The van der Waals surface area contributed by atoms with Crippen LogP contribution in [0.15, 0.2) is 4.42 Å². The van der Waals surface area contributed by atoms with E-state index in [2.05, 4.69) is 10.2 Å². The van der Waals surface area contributed by atoms with Crippen LogP contribution in [0.1, 0.15) is 53.1 Å². The molecule has 1 aromatic heterocycles. The fraction of sp³-hybridized carbons (Fsp3) is 0.688. The van der Waals surface area contributed by atoms with Gasteiger partial charge < -0.3 is 14.6 Å². The standard InChI is InChI=1S/C16H24N2O2/c1-10-11(2)20-12(3)15(10)16(19)18-9-5-7-14(18)13-6-4-8-17-13/h13-14,17H,4-9H2,1-3H3. The zero-order valence-corrected chi connectivity index (χ0v) is 12.7. The number of rotatable bonds is 2. The third-order valence-electron chi connectivity index (χ3n) is 4.90. The van der Waals surface area contributed by atoms with E-state index < -0.39 is 0 Å². The fourth-order valence-corrected chi connectivity index (χ4v) is 3.75. The van der Waals surface area contributed by atoms with E-state index in [0.29, 0.717) is 12.1 Å². The van der Waals surface area contributed by atoms with E-state index in [-0.39, 0.29) is 5.91 Å². The van der Waals surface area contributed by atoms with Crippen molar-refractivity contribution in [2.24, 2.45) is 0 Å². The molecule has 0 bridgehead atoms. The number of nitrogens with zero attached hydrogens (tertiary/aromatic N) is 1. The Bertz CT molecular complexity index is 515. The second-order valence-corrected chi connectivity index (χ2v) is 6.13. The summed E-state index contributed by atoms with van der Waals surface area (Å²) in [6.07, 6.45) is 4.66. The Hall–Kier alpha value is -1.29. The first-order chi connectivity index (χ1) is 9.59. The van der Waals surface area contributed by atoms with Gasteiger partial charge >= 0.3 is 0 Å². The van der Waals surface area contributed by atoms with Crippen LogP contribution in [0, 0.1) is 20.8 Å². The predicted molar refractivity (Wildman–Crippen MR) is 78.0 cm³/mol. The smallest absolute Gasteiger partial charge is 0.257 e. The van der Waals surface area contributed by atoms with Gasteiger partial charge in [-0.15, -0.1) is 0 Å². The van der Waals surface area contributed by atoms with Gasteiger partial charge in [-0.25, -0.2) is 0 Å². The molecule has 3 heterocycles. The summed E-state index contributed by atoms with van der Waals surface area (Å²) >= 11 is 0. The van der Waals surface area contributed by atoms with Gasteiger partial charge in [0.15, 0.2) is 0 Å². The van der Waals surface area contributed by atoms with E-state index in [9.17, 15) is 4.79 Å². The van der Waals surface area contributed by atoms with E-state index in [1.165, 1.54) is 12.8 Å². The van der Waals surface area contributed by atoms with Crippen molar-refractivity contribution in [2.45, 2.75) is 58.5 Å². The fourth-order valence-electron chi connectivity index (χ4n) is 3.75. The molecule has 0 saturated carbocycles. The second-order valence-electron chi connectivity index (χ2n) is 6.13. The number of likely N-dealkylation sites (tertiary alicyclic amines) is 1. The summed E-state index contributed by atoms with van der Waals surface area (Å²) in [7, 11) is 0. The molecule has 4 nitrogen and oxygen atoms in total. The summed E-state index contributed by atoms with van der Waals surface area (Å²) in [4.78, 5) is 15.0. The summed E-state index contributed by atoms with van der Waals surface area (Å²) in [6, 6.07) is 0.842. The highest BCUT2D eigenvalue weighted by molar-refractivity contribution is 5.97. The van der Waals surface area contributed by atoms with Gasteiger partial charge in [0, 0.05) is 24.2 Å². The van der Waals surface area contributed by atoms with E-state index in [4.69, 9.17) is 4.42 Å². The maximum absolute atomic E-state index is 12.9. The number of carbonyl (C=O) groups is 1. The van der Waals surface area contributed by atoms with Crippen molar-refractivity contribution in [3.63, 3.8) is 0 Å². The van der Waals surface area contributed by atoms with Crippen molar-refractivity contribution in [1.82, 2.24) is 10.2 Å². The lowest BCUT2D eigenvalue weighted by molar-refractivity contribution is 0.0709. The van der Waals surface area contributed by atoms with Gasteiger partial charge in [-0.2, -0.15) is 0 Å². The van der Waals surface area contributed by atoms with Crippen LogP contribution in [0.4, 0.5) is 0 Å². The minimum atomic E-state index is 0.160. The number of carbonyl (C=O) groups excluding carboxylic acids is 1. The number of aryl methyl sites for hydroxylation is 2. The van der Waals surface area contributed by atoms with Gasteiger partial charge in [0.25, 0.3) is 5.91 Å². The number of hydrogen-bond acceptors (Lipinski definition) is 3. The minimum Gasteiger partial charge on any atom is -0.466 e. The Labute approximate surface area is 120 Å². The molecule has 0 radical (unpaired) electrons. The zero-order valence-electron chi connectivity index (χ0n) is 12.7. The Kier molecular flexibility index (Phi) is 3.59. The lowest BCUT2D eigenvalue weighted by Crippen LogP contribution is -2.46. The van der Waals surface area contributed by atoms with Gasteiger partial charge in [0.1, 0.15) is 11.5 Å². The number of amides is 1. The normalized spacial score (nSPS) is 26.4. The van der Waals surface area contributed by atoms with Crippen molar-refractivity contribution in [3.05, 3.63) is 22.6 Å². The SMILES string of the molecule is Cc1oc(C)c(C(=O)N2CCCC2C2CCCN2)c1C. The Morgan fingerprint density at radius 3 is 2.60 bits per heavy atom. The molecule has 2 atom stereocenters. The average molecular weight is 276 g/mol. The molecule has 4 heteroatoms. The number of hydrogen-bond donors (Lipinski definition) is 1. The highest BCUT2D eigenvalue weighted by Crippen LogP contribution is 2.29. The molecule has 0 aliphatic carbocycles. The molecule has 2 unspecified atom stereocenters. The molecule has 2 aliphatic heterocycles. The molecular weight excluding hydrogens is 252 g/mol. The third kappa shape index (κ3) is 2.16. The largest absolute Gasteiger partial charge is 0.466 e. The lowest BCUT2D eigenvalue weighted by Gasteiger charge is -2.29. The number of nitrogens with one attached hydrogen (secondary N) is 1. The minimum absolute atomic E-state index is 0.160. The molecular formula is C16H24N2O2. The van der Waals surface area contributed by atoms with Crippen LogP contribution < -0.4 is 5.32 Å². The van der Waals surface area contributed by atoms with Crippen LogP contribution in [-0.4, -0.2) is 36.0 Å². The predicted octanol–water partition coefficient (Wildman–Crippen LogP) is 2.56. The highest BCUT2D eigenvalue weighted by Gasteiger charge is 2.37. The van der Waals surface area contributed by atoms with Gasteiger partial charge in [0.2, 0.25) is 0 Å². The molecule has 0 aromatic carbocycles. The van der Waals surface area contributed by atoms with Crippen LogP contribution in [0.5, 0.6) is 0 Å². The van der Waals surface area contributed by atoms with E-state index in [1.54, 1.807) is 0 Å². The van der Waals surface area contributed by atoms with E-state index >= 15 is 0 Å². The summed E-state index contributed by atoms with van der Waals surface area (Å²) in [6.45, 7) is 7.78. The van der Waals surface area contributed by atoms with Crippen LogP contribution in [0.3, 0.4) is 0 Å². The lowest BCUT2D eigenvalue weighted by atomic mass is 10.0. The molecule has 2 aliphatic rings. The van der Waals surface area contributed by atoms with E-state index in [1.807, 2.05) is 20.8 Å². The summed E-state index contributed by atoms with van der Waals surface area (Å²) in [5.41, 5.74) is 1.78. The monoisotopic (exact) mass is 276 g/mol. The van der Waals surface area contributed by atoms with Crippen molar-refractivity contribution in [1.29, 1.82) is 0 Å². The first-order valence-corrected chi connectivity index (χ1v) is 7.70. The van der Waals surface area contributed by atoms with Gasteiger partial charge in [0.05, 0.1) is 5.56 Å². The maximum Gasteiger partial charge on any atom is 0.257 e. The highest BCUT2D eigenvalue weighted by atomic mass is 16.3. The van der Waals surface area contributed by atoms with Gasteiger partial charge in [-0.3, -0.25) is 4.79 Å². The van der Waals surface area contributed by atoms with Gasteiger partial charge in [-0.05, 0) is 53.0 Å². The molecule has 3 rings (SSSR count). The Morgan fingerprint density at radius 2 is 2.00 bits per heavy atom. The van der Waals surface area contributed by atoms with Crippen molar-refractivity contribution in [3.8, 4) is 0 Å². The molecule has 2 fully saturated rings. The zero-order chi connectivity index (χ0) is 14.3. The Balaban J connectivity index is 1.85. The molecule has 20 heavy (non-hydrogen) atoms. The van der Waals surface area contributed by atoms with Crippen molar-refractivity contribution < 1.29 is 9.21 Å². The van der Waals surface area contributed by atoms with Crippen LogP contribution in [-0.2, 0) is 0 Å². The Morgan fingerprint density at radius 1 is 1.20 bits per heavy atom. The van der Waals surface area contributed by atoms with E-state index in [0.717, 1.165) is 48.6 Å². The summed E-state index contributed by atoms with van der Waals surface area (Å²) in [5, 5.41) is 3.55. The molecule has 110 valence electrons. The molecule has 1 aromatic rings. The third-order valence-corrected chi connectivity index (χ3v) is 4.90. The van der Waals surface area contributed by atoms with Gasteiger partial charge in [-0.1, -0.05) is 0 Å². The summed E-state index contributed by atoms with van der Waals surface area (Å²) in [5.74, 6) is 1.78. The first-order valence-electron chi connectivity index (χ1n) is 7.70. The summed E-state index contributed by atoms with van der Waals surface area (Å²) < 4.78 is 5.62. The number of furan rings is 1.